The van der Waals surface area contributed by atoms with Crippen LogP contribution in [0.15, 0.2) is 16.5 Å². The van der Waals surface area contributed by atoms with Crippen LogP contribution in [-0.4, -0.2) is 29.9 Å². The molecule has 0 aliphatic carbocycles. The summed E-state index contributed by atoms with van der Waals surface area (Å²) >= 11 is 0. The van der Waals surface area contributed by atoms with Gasteiger partial charge in [0.2, 0.25) is 5.91 Å². The topological polar surface area (TPSA) is 45.5 Å². The quantitative estimate of drug-likeness (QED) is 0.920. The summed E-state index contributed by atoms with van der Waals surface area (Å²) < 4.78 is 5.57. The van der Waals surface area contributed by atoms with E-state index < -0.39 is 0 Å². The number of likely N-dealkylation sites (tertiary alicyclic amines) is 1. The number of piperidine rings is 1. The van der Waals surface area contributed by atoms with Crippen molar-refractivity contribution in [2.45, 2.75) is 46.7 Å². The molecule has 4 heteroatoms. The van der Waals surface area contributed by atoms with Gasteiger partial charge in [-0.25, -0.2) is 0 Å². The third kappa shape index (κ3) is 3.63. The molecular formula is C16H26N2O2. The maximum atomic E-state index is 12.0. The molecule has 0 aromatic carbocycles. The number of nitrogens with zero attached hydrogens (tertiary/aromatic N) is 1. The standard InChI is InChI=1S/C16H26N2O2/c1-11(2)16(19)18-8-7-15(12(3)10-18)17-9-14-6-5-13(4)20-14/h5-6,11-12,15,17H,7-10H2,1-4H3/t12-,15+/m1/s1. The molecule has 112 valence electrons. The number of furan rings is 1. The van der Waals surface area contributed by atoms with Gasteiger partial charge in [0.25, 0.3) is 0 Å². The highest BCUT2D eigenvalue weighted by atomic mass is 16.3. The van der Waals surface area contributed by atoms with Gasteiger partial charge in [0.05, 0.1) is 6.54 Å². The molecule has 1 saturated heterocycles. The number of amides is 1. The van der Waals surface area contributed by atoms with Crippen molar-refractivity contribution in [2.24, 2.45) is 11.8 Å². The van der Waals surface area contributed by atoms with Gasteiger partial charge in [-0.3, -0.25) is 4.79 Å². The maximum absolute atomic E-state index is 12.0. The highest BCUT2D eigenvalue weighted by Crippen LogP contribution is 2.19. The third-order valence-electron chi connectivity index (χ3n) is 4.05. The zero-order valence-corrected chi connectivity index (χ0v) is 13.0. The molecule has 1 amide bonds. The normalized spacial score (nSPS) is 23.4. The van der Waals surface area contributed by atoms with Crippen LogP contribution >= 0.6 is 0 Å². The van der Waals surface area contributed by atoms with Crippen LogP contribution in [0.3, 0.4) is 0 Å². The summed E-state index contributed by atoms with van der Waals surface area (Å²) in [6.07, 6.45) is 1.01. The molecule has 2 rings (SSSR count). The van der Waals surface area contributed by atoms with Gasteiger partial charge >= 0.3 is 0 Å². The van der Waals surface area contributed by atoms with Gasteiger partial charge in [0.15, 0.2) is 0 Å². The van der Waals surface area contributed by atoms with E-state index in [1.807, 2.05) is 37.8 Å². The fraction of sp³-hybridized carbons (Fsp3) is 0.688. The van der Waals surface area contributed by atoms with Crippen LogP contribution in [0.4, 0.5) is 0 Å². The number of hydrogen-bond donors (Lipinski definition) is 1. The van der Waals surface area contributed by atoms with E-state index in [0.29, 0.717) is 12.0 Å². The van der Waals surface area contributed by atoms with Crippen molar-refractivity contribution < 1.29 is 9.21 Å². The number of aryl methyl sites for hydroxylation is 1. The molecular weight excluding hydrogens is 252 g/mol. The van der Waals surface area contributed by atoms with E-state index in [1.54, 1.807) is 0 Å². The second kappa shape index (κ2) is 6.44. The van der Waals surface area contributed by atoms with E-state index in [0.717, 1.165) is 37.6 Å². The molecule has 1 aliphatic rings. The van der Waals surface area contributed by atoms with E-state index in [2.05, 4.69) is 12.2 Å². The van der Waals surface area contributed by atoms with Crippen LogP contribution < -0.4 is 5.32 Å². The summed E-state index contributed by atoms with van der Waals surface area (Å²) in [6.45, 7) is 10.6. The number of carbonyl (C=O) groups excluding carboxylic acids is 1. The molecule has 2 atom stereocenters. The maximum Gasteiger partial charge on any atom is 0.225 e. The van der Waals surface area contributed by atoms with Crippen molar-refractivity contribution in [2.75, 3.05) is 13.1 Å². The van der Waals surface area contributed by atoms with Crippen molar-refractivity contribution in [1.82, 2.24) is 10.2 Å². The Balaban J connectivity index is 1.82. The first-order valence-corrected chi connectivity index (χ1v) is 7.55. The first-order valence-electron chi connectivity index (χ1n) is 7.55. The molecule has 0 unspecified atom stereocenters. The highest BCUT2D eigenvalue weighted by molar-refractivity contribution is 5.78. The number of rotatable bonds is 4. The molecule has 1 aromatic heterocycles. The fourth-order valence-electron chi connectivity index (χ4n) is 2.83. The number of nitrogens with one attached hydrogen (secondary N) is 1. The summed E-state index contributed by atoms with van der Waals surface area (Å²) in [5, 5.41) is 3.56. The Morgan fingerprint density at radius 3 is 2.80 bits per heavy atom. The minimum absolute atomic E-state index is 0.0952. The third-order valence-corrected chi connectivity index (χ3v) is 4.05. The Kier molecular flexibility index (Phi) is 4.86. The lowest BCUT2D eigenvalue weighted by Gasteiger charge is -2.38. The average molecular weight is 278 g/mol. The molecule has 2 heterocycles. The van der Waals surface area contributed by atoms with Gasteiger partial charge in [-0.2, -0.15) is 0 Å². The van der Waals surface area contributed by atoms with E-state index in [-0.39, 0.29) is 11.8 Å². The average Bonchev–Trinajstić information content (AvgIpc) is 2.82. The van der Waals surface area contributed by atoms with Gasteiger partial charge in [-0.1, -0.05) is 20.8 Å². The Bertz CT molecular complexity index is 453. The largest absolute Gasteiger partial charge is 0.465 e. The van der Waals surface area contributed by atoms with Gasteiger partial charge in [-0.15, -0.1) is 0 Å². The Morgan fingerprint density at radius 1 is 1.50 bits per heavy atom. The lowest BCUT2D eigenvalue weighted by Crippen LogP contribution is -2.50. The monoisotopic (exact) mass is 278 g/mol. The van der Waals surface area contributed by atoms with Crippen LogP contribution in [0.25, 0.3) is 0 Å². The number of carbonyl (C=O) groups is 1. The summed E-state index contributed by atoms with van der Waals surface area (Å²) in [7, 11) is 0. The number of hydrogen-bond acceptors (Lipinski definition) is 3. The lowest BCUT2D eigenvalue weighted by molar-refractivity contribution is -0.136. The first-order chi connectivity index (χ1) is 9.47. The van der Waals surface area contributed by atoms with E-state index in [1.165, 1.54) is 0 Å². The van der Waals surface area contributed by atoms with Gasteiger partial charge < -0.3 is 14.6 Å². The predicted octanol–water partition coefficient (Wildman–Crippen LogP) is 2.57. The minimum Gasteiger partial charge on any atom is -0.465 e. The van der Waals surface area contributed by atoms with Crippen molar-refractivity contribution in [3.63, 3.8) is 0 Å². The summed E-state index contributed by atoms with van der Waals surface area (Å²) in [5.74, 6) is 2.78. The highest BCUT2D eigenvalue weighted by Gasteiger charge is 2.29. The summed E-state index contributed by atoms with van der Waals surface area (Å²) in [5.41, 5.74) is 0. The van der Waals surface area contributed by atoms with Gasteiger partial charge in [0.1, 0.15) is 11.5 Å². The first kappa shape index (κ1) is 15.1. The summed E-state index contributed by atoms with van der Waals surface area (Å²) in [4.78, 5) is 14.0. The van der Waals surface area contributed by atoms with Crippen molar-refractivity contribution >= 4 is 5.91 Å². The second-order valence-electron chi connectivity index (χ2n) is 6.20. The van der Waals surface area contributed by atoms with Crippen molar-refractivity contribution in [3.8, 4) is 0 Å². The van der Waals surface area contributed by atoms with Crippen molar-refractivity contribution in [1.29, 1.82) is 0 Å². The second-order valence-corrected chi connectivity index (χ2v) is 6.20. The van der Waals surface area contributed by atoms with Crippen molar-refractivity contribution in [3.05, 3.63) is 23.7 Å². The molecule has 0 spiro atoms. The molecule has 0 saturated carbocycles. The zero-order chi connectivity index (χ0) is 14.7. The summed E-state index contributed by atoms with van der Waals surface area (Å²) in [6, 6.07) is 4.46. The molecule has 20 heavy (non-hydrogen) atoms. The van der Waals surface area contributed by atoms with E-state index in [4.69, 9.17) is 4.42 Å². The molecule has 1 aliphatic heterocycles. The smallest absolute Gasteiger partial charge is 0.225 e. The van der Waals surface area contributed by atoms with Gasteiger partial charge in [0, 0.05) is 25.0 Å². The Labute approximate surface area is 121 Å². The molecule has 1 N–H and O–H groups in total. The Morgan fingerprint density at radius 2 is 2.25 bits per heavy atom. The lowest BCUT2D eigenvalue weighted by atomic mass is 9.93. The molecule has 1 aromatic rings. The minimum atomic E-state index is 0.0952. The van der Waals surface area contributed by atoms with Crippen LogP contribution in [0.2, 0.25) is 0 Å². The fourth-order valence-corrected chi connectivity index (χ4v) is 2.83. The van der Waals surface area contributed by atoms with E-state index in [9.17, 15) is 4.79 Å². The molecule has 0 radical (unpaired) electrons. The van der Waals surface area contributed by atoms with E-state index >= 15 is 0 Å². The zero-order valence-electron chi connectivity index (χ0n) is 13.0. The molecule has 1 fully saturated rings. The molecule has 0 bridgehead atoms. The predicted molar refractivity (Wildman–Crippen MR) is 79.3 cm³/mol. The van der Waals surface area contributed by atoms with Crippen LogP contribution in [0.1, 0.15) is 38.7 Å². The Hall–Kier alpha value is -1.29. The SMILES string of the molecule is Cc1ccc(CN[C@H]2CCN(C(=O)C(C)C)C[C@H]2C)o1. The van der Waals surface area contributed by atoms with Gasteiger partial charge in [-0.05, 0) is 31.4 Å². The molecule has 4 nitrogen and oxygen atoms in total. The van der Waals surface area contributed by atoms with Crippen LogP contribution in [0.5, 0.6) is 0 Å². The van der Waals surface area contributed by atoms with Crippen LogP contribution in [-0.2, 0) is 11.3 Å². The van der Waals surface area contributed by atoms with Crippen LogP contribution in [0, 0.1) is 18.8 Å².